The second kappa shape index (κ2) is 20.1. The van der Waals surface area contributed by atoms with Crippen molar-refractivity contribution in [2.45, 2.75) is 44.0 Å². The molecule has 3 aliphatic rings. The van der Waals surface area contributed by atoms with Gasteiger partial charge in [-0.25, -0.2) is 18.1 Å². The van der Waals surface area contributed by atoms with Crippen molar-refractivity contribution < 1.29 is 32.2 Å². The minimum absolute atomic E-state index is 0.0591. The number of allylic oxidation sites excluding steroid dienone is 1. The van der Waals surface area contributed by atoms with E-state index in [4.69, 9.17) is 21.1 Å². The fourth-order valence-electron chi connectivity index (χ4n) is 9.18. The molecule has 3 N–H and O–H groups in total. The highest BCUT2D eigenvalue weighted by molar-refractivity contribution is 7.90. The monoisotopic (exact) mass is 972 g/mol. The molecule has 0 spiro atoms. The average Bonchev–Trinajstić information content (AvgIpc) is 3.77. The normalized spacial score (nSPS) is 18.4. The fraction of sp³-hybridized carbons (Fsp3) is 0.417. The van der Waals surface area contributed by atoms with Crippen molar-refractivity contribution in [3.05, 3.63) is 117 Å². The first kappa shape index (κ1) is 48.2. The summed E-state index contributed by atoms with van der Waals surface area (Å²) >= 11 is 6.25. The van der Waals surface area contributed by atoms with Crippen LogP contribution in [0.3, 0.4) is 0 Å². The predicted molar refractivity (Wildman–Crippen MR) is 264 cm³/mol. The van der Waals surface area contributed by atoms with Crippen LogP contribution in [0.5, 0.6) is 11.5 Å². The number of H-pyrrole nitrogens is 1. The summed E-state index contributed by atoms with van der Waals surface area (Å²) in [5, 5.41) is 16.9. The van der Waals surface area contributed by atoms with Gasteiger partial charge in [-0.1, -0.05) is 43.2 Å². The van der Waals surface area contributed by atoms with Crippen LogP contribution in [0.25, 0.3) is 16.6 Å². The lowest BCUT2D eigenvalue weighted by Gasteiger charge is -2.39. The van der Waals surface area contributed by atoms with Crippen molar-refractivity contribution >= 4 is 68.3 Å². The number of nitro groups is 1. The maximum Gasteiger partial charge on any atom is 0.293 e. The molecule has 1 amide bonds. The van der Waals surface area contributed by atoms with Gasteiger partial charge in [0, 0.05) is 106 Å². The van der Waals surface area contributed by atoms with Crippen LogP contribution in [0, 0.1) is 15.5 Å². The summed E-state index contributed by atoms with van der Waals surface area (Å²) in [4.78, 5) is 39.5. The largest absolute Gasteiger partial charge is 0.455 e. The van der Waals surface area contributed by atoms with Crippen molar-refractivity contribution in [3.63, 3.8) is 0 Å². The Morgan fingerprint density at radius 1 is 1.01 bits per heavy atom. The lowest BCUT2D eigenvalue weighted by molar-refractivity contribution is -0.384. The van der Waals surface area contributed by atoms with Gasteiger partial charge in [-0.2, -0.15) is 0 Å². The molecule has 0 saturated carbocycles. The van der Waals surface area contributed by atoms with Gasteiger partial charge in [0.2, 0.25) is 0 Å². The van der Waals surface area contributed by atoms with Gasteiger partial charge in [-0.3, -0.25) is 24.7 Å². The number of hydrogen-bond donors (Lipinski definition) is 3. The molecule has 67 heavy (non-hydrogen) atoms. The molecular weight excluding hydrogens is 915 g/mol. The van der Waals surface area contributed by atoms with Gasteiger partial charge in [-0.15, -0.1) is 0 Å². The minimum Gasteiger partial charge on any atom is -0.455 e. The molecule has 4 heterocycles. The molecule has 5 aromatic rings. The zero-order valence-electron chi connectivity index (χ0n) is 38.3. The summed E-state index contributed by atoms with van der Waals surface area (Å²) in [6.45, 7) is 12.2. The number of benzene rings is 3. The second-order valence-electron chi connectivity index (χ2n) is 18.7. The number of amides is 1. The molecule has 3 aromatic carbocycles. The number of rotatable bonds is 16. The molecular formula is C48H58ClN8O8PS. The number of pyridine rings is 1. The van der Waals surface area contributed by atoms with Crippen molar-refractivity contribution in [3.8, 4) is 11.5 Å². The van der Waals surface area contributed by atoms with E-state index in [1.807, 2.05) is 18.2 Å². The molecule has 2 saturated heterocycles. The van der Waals surface area contributed by atoms with Crippen LogP contribution in [-0.2, 0) is 19.3 Å². The molecule has 0 radical (unpaired) electrons. The molecule has 356 valence electrons. The van der Waals surface area contributed by atoms with Crippen LogP contribution in [0.2, 0.25) is 5.02 Å². The lowest BCUT2D eigenvalue weighted by atomic mass is 9.72. The van der Waals surface area contributed by atoms with Crippen LogP contribution in [0.15, 0.2) is 95.7 Å². The number of nitro benzene ring substituents is 1. The highest BCUT2D eigenvalue weighted by atomic mass is 35.5. The van der Waals surface area contributed by atoms with E-state index in [1.165, 1.54) is 41.1 Å². The highest BCUT2D eigenvalue weighted by Gasteiger charge is 2.32. The SMILES string of the molecule is COCC(CNc1ccc(S(=O)(=O)NC(=O)c2ccc(N3CCN(CC4=C(c5ccc(Cl)cc5)CC(C)(C)CC4)CC3)cc2Oc2cnc3[nH]ccc3c2)cc1[N+](=O)[O-])N1CCP(C)(=O)CC1. The van der Waals surface area contributed by atoms with Gasteiger partial charge in [0.05, 0.1) is 41.4 Å². The maximum atomic E-state index is 14.0. The molecule has 1 aliphatic carbocycles. The molecule has 1 atom stereocenters. The van der Waals surface area contributed by atoms with Crippen molar-refractivity contribution in [2.75, 3.05) is 95.3 Å². The van der Waals surface area contributed by atoms with Crippen LogP contribution in [0.4, 0.5) is 17.1 Å². The number of nitrogens with one attached hydrogen (secondary N) is 3. The number of anilines is 2. The molecule has 1 unspecified atom stereocenters. The Morgan fingerprint density at radius 2 is 1.76 bits per heavy atom. The quantitative estimate of drug-likeness (QED) is 0.0485. The predicted octanol–water partition coefficient (Wildman–Crippen LogP) is 8.56. The smallest absolute Gasteiger partial charge is 0.293 e. The summed E-state index contributed by atoms with van der Waals surface area (Å²) in [6, 6.07) is 20.1. The van der Waals surface area contributed by atoms with Gasteiger partial charge in [-0.05, 0) is 91.0 Å². The average molecular weight is 974 g/mol. The number of carbonyl (C=O) groups excluding carboxylic acids is 1. The van der Waals surface area contributed by atoms with Gasteiger partial charge in [0.15, 0.2) is 0 Å². The summed E-state index contributed by atoms with van der Waals surface area (Å²) in [7, 11) is -5.24. The zero-order chi connectivity index (χ0) is 47.5. The van der Waals surface area contributed by atoms with Gasteiger partial charge < -0.3 is 29.2 Å². The zero-order valence-corrected chi connectivity index (χ0v) is 40.8. The molecule has 2 fully saturated rings. The van der Waals surface area contributed by atoms with Gasteiger partial charge in [0.25, 0.3) is 21.6 Å². The number of aromatic amines is 1. The van der Waals surface area contributed by atoms with Crippen LogP contribution < -0.4 is 19.7 Å². The Kier molecular flexibility index (Phi) is 14.5. The van der Waals surface area contributed by atoms with E-state index in [9.17, 15) is 27.9 Å². The van der Waals surface area contributed by atoms with E-state index in [2.05, 4.69) is 60.7 Å². The summed E-state index contributed by atoms with van der Waals surface area (Å²) < 4.78 is 54.1. The Hall–Kier alpha value is -5.29. The Balaban J connectivity index is 0.990. The van der Waals surface area contributed by atoms with Gasteiger partial charge in [0.1, 0.15) is 22.8 Å². The topological polar surface area (TPSA) is 192 Å². The van der Waals surface area contributed by atoms with Crippen LogP contribution in [0.1, 0.15) is 49.0 Å². The van der Waals surface area contributed by atoms with E-state index in [0.29, 0.717) is 56.5 Å². The second-order valence-corrected chi connectivity index (χ2v) is 24.3. The third kappa shape index (κ3) is 11.7. The van der Waals surface area contributed by atoms with Crippen molar-refractivity contribution in [2.24, 2.45) is 5.41 Å². The number of nitrogens with zero attached hydrogens (tertiary/aromatic N) is 5. The fourth-order valence-corrected chi connectivity index (χ4v) is 11.9. The van der Waals surface area contributed by atoms with E-state index < -0.39 is 38.6 Å². The van der Waals surface area contributed by atoms with Crippen molar-refractivity contribution in [1.82, 2.24) is 24.5 Å². The van der Waals surface area contributed by atoms with E-state index >= 15 is 0 Å². The summed E-state index contributed by atoms with van der Waals surface area (Å²) in [6.07, 6.45) is 7.59. The number of hydrogen-bond acceptors (Lipinski definition) is 13. The van der Waals surface area contributed by atoms with Crippen molar-refractivity contribution in [1.29, 1.82) is 0 Å². The third-order valence-corrected chi connectivity index (χ3v) is 17.0. The number of carbonyl (C=O) groups is 1. The number of aromatic nitrogens is 2. The molecule has 8 rings (SSSR count). The summed E-state index contributed by atoms with van der Waals surface area (Å²) in [5.74, 6) is -0.533. The van der Waals surface area contributed by atoms with Gasteiger partial charge >= 0.3 is 0 Å². The number of piperazine rings is 1. The Morgan fingerprint density at radius 3 is 2.48 bits per heavy atom. The Bertz CT molecular complexity index is 2820. The first-order valence-corrected chi connectivity index (χ1v) is 26.9. The van der Waals surface area contributed by atoms with E-state index in [0.717, 1.165) is 61.1 Å². The van der Waals surface area contributed by atoms with E-state index in [1.54, 1.807) is 38.2 Å². The number of sulfonamides is 1. The summed E-state index contributed by atoms with van der Waals surface area (Å²) in [5.41, 5.74) is 5.31. The standard InChI is InChI=1S/C48H58ClN8O8PS/c1-48(2)15-13-35(42(28-48)33-5-7-36(49)8-6-33)31-54-17-19-55(20-18-54)37-9-11-41(45(26-37)65-39-25-34-14-16-50-46(34)52-30-39)47(58)53-67(62,63)40-10-12-43(44(27-40)57(59)60)51-29-38(32-64-3)56-21-23-66(4,61)24-22-56/h5-12,14,16,25-27,30,38,51H,13,15,17-24,28-29,31-32H2,1-4H3,(H,50,52)(H,53,58). The number of halogens is 1. The number of ether oxygens (including phenoxy) is 2. The third-order valence-electron chi connectivity index (χ3n) is 13.2. The number of methoxy groups -OCH3 is 1. The maximum absolute atomic E-state index is 14.0. The first-order valence-electron chi connectivity index (χ1n) is 22.5. The Labute approximate surface area is 396 Å². The van der Waals surface area contributed by atoms with Crippen LogP contribution >= 0.6 is 18.7 Å². The number of fused-ring (bicyclic) bond motifs is 1. The van der Waals surface area contributed by atoms with E-state index in [-0.39, 0.29) is 35.0 Å². The lowest BCUT2D eigenvalue weighted by Crippen LogP contribution is -2.47. The molecule has 16 nitrogen and oxygen atoms in total. The minimum atomic E-state index is -4.62. The molecule has 2 aromatic heterocycles. The molecule has 2 aliphatic heterocycles. The van der Waals surface area contributed by atoms with Crippen LogP contribution in [-0.4, -0.2) is 130 Å². The highest BCUT2D eigenvalue weighted by Crippen LogP contribution is 2.44. The first-order chi connectivity index (χ1) is 32.0. The molecule has 0 bridgehead atoms. The molecule has 19 heteroatoms.